The third kappa shape index (κ3) is 4.24. The summed E-state index contributed by atoms with van der Waals surface area (Å²) in [6.07, 6.45) is 0. The number of ether oxygens (including phenoxy) is 2. The van der Waals surface area contributed by atoms with E-state index in [9.17, 15) is 4.79 Å². The molecule has 0 aromatic heterocycles. The lowest BCUT2D eigenvalue weighted by atomic mass is 10.2. The molecule has 21 heavy (non-hydrogen) atoms. The van der Waals surface area contributed by atoms with Gasteiger partial charge in [0.15, 0.2) is 0 Å². The molecule has 0 amide bonds. The first kappa shape index (κ1) is 15.4. The number of nitrogens with one attached hydrogen (secondary N) is 1. The Balaban J connectivity index is 1.95. The first-order valence-corrected chi connectivity index (χ1v) is 7.26. The lowest BCUT2D eigenvalue weighted by Gasteiger charge is -2.08. The summed E-state index contributed by atoms with van der Waals surface area (Å²) in [5.41, 5.74) is 1.70. The van der Waals surface area contributed by atoms with Gasteiger partial charge in [-0.15, -0.1) is 0 Å². The molecule has 1 N–H and O–H groups in total. The number of carbonyl (C=O) groups is 1. The molecule has 110 valence electrons. The minimum Gasteiger partial charge on any atom is -0.497 e. The molecule has 5 heteroatoms. The van der Waals surface area contributed by atoms with Crippen LogP contribution in [0.4, 0.5) is 0 Å². The molecule has 0 unspecified atom stereocenters. The van der Waals surface area contributed by atoms with Gasteiger partial charge in [-0.05, 0) is 41.8 Å². The van der Waals surface area contributed by atoms with E-state index in [2.05, 4.69) is 4.72 Å². The second kappa shape index (κ2) is 7.71. The molecule has 0 aliphatic heterocycles. The van der Waals surface area contributed by atoms with Crippen LogP contribution in [0.5, 0.6) is 5.75 Å². The molecule has 4 nitrogen and oxygen atoms in total. The number of hydrogen-bond donors (Lipinski definition) is 1. The Morgan fingerprint density at radius 3 is 2.48 bits per heavy atom. The van der Waals surface area contributed by atoms with Crippen LogP contribution in [0.25, 0.3) is 0 Å². The van der Waals surface area contributed by atoms with E-state index >= 15 is 0 Å². The Bertz CT molecular complexity index is 599. The van der Waals surface area contributed by atoms with Crippen molar-refractivity contribution in [2.24, 2.45) is 0 Å². The predicted octanol–water partition coefficient (Wildman–Crippen LogP) is 3.28. The summed E-state index contributed by atoms with van der Waals surface area (Å²) in [4.78, 5) is 12.5. The molecule has 0 saturated carbocycles. The fraction of sp³-hybridized carbons (Fsp3) is 0.188. The number of esters is 1. The van der Waals surface area contributed by atoms with E-state index in [1.807, 2.05) is 42.5 Å². The minimum atomic E-state index is -0.329. The van der Waals surface area contributed by atoms with Gasteiger partial charge in [0.2, 0.25) is 0 Å². The van der Waals surface area contributed by atoms with Crippen LogP contribution in [0.15, 0.2) is 53.4 Å². The third-order valence-corrected chi connectivity index (χ3v) is 3.77. The Hall–Kier alpha value is -1.98. The zero-order chi connectivity index (χ0) is 15.1. The van der Waals surface area contributed by atoms with Gasteiger partial charge in [-0.2, -0.15) is 0 Å². The number of hydrogen-bond acceptors (Lipinski definition) is 5. The van der Waals surface area contributed by atoms with Crippen LogP contribution in [0.1, 0.15) is 15.9 Å². The van der Waals surface area contributed by atoms with Crippen LogP contribution in [-0.2, 0) is 11.3 Å². The Labute approximate surface area is 128 Å². The van der Waals surface area contributed by atoms with Crippen molar-refractivity contribution in [2.45, 2.75) is 11.4 Å². The van der Waals surface area contributed by atoms with Gasteiger partial charge in [-0.25, -0.2) is 4.79 Å². The van der Waals surface area contributed by atoms with E-state index in [-0.39, 0.29) is 5.97 Å². The monoisotopic (exact) mass is 303 g/mol. The second-order valence-corrected chi connectivity index (χ2v) is 5.19. The lowest BCUT2D eigenvalue weighted by molar-refractivity contribution is 0.0597. The van der Waals surface area contributed by atoms with Crippen LogP contribution in [0, 0.1) is 0 Å². The van der Waals surface area contributed by atoms with E-state index in [1.165, 1.54) is 19.1 Å². The van der Waals surface area contributed by atoms with Crippen LogP contribution < -0.4 is 9.46 Å². The molecule has 2 aromatic rings. The maximum absolute atomic E-state index is 11.7. The summed E-state index contributed by atoms with van der Waals surface area (Å²) in [6, 6.07) is 15.2. The summed E-state index contributed by atoms with van der Waals surface area (Å²) < 4.78 is 13.1. The minimum absolute atomic E-state index is 0.329. The molecule has 0 spiro atoms. The molecule has 0 saturated heterocycles. The quantitative estimate of drug-likeness (QED) is 0.655. The van der Waals surface area contributed by atoms with E-state index in [4.69, 9.17) is 9.47 Å². The topological polar surface area (TPSA) is 47.6 Å². The first-order chi connectivity index (χ1) is 10.2. The molecule has 2 rings (SSSR count). The van der Waals surface area contributed by atoms with E-state index in [0.29, 0.717) is 12.1 Å². The van der Waals surface area contributed by atoms with Gasteiger partial charge in [0, 0.05) is 11.4 Å². The maximum atomic E-state index is 11.7. The molecule has 0 atom stereocenters. The van der Waals surface area contributed by atoms with Crippen molar-refractivity contribution in [1.82, 2.24) is 4.72 Å². The van der Waals surface area contributed by atoms with Crippen LogP contribution in [0.2, 0.25) is 0 Å². The largest absolute Gasteiger partial charge is 0.497 e. The summed E-state index contributed by atoms with van der Waals surface area (Å²) in [7, 11) is 3.03. The van der Waals surface area contributed by atoms with Gasteiger partial charge in [0.1, 0.15) is 5.75 Å². The van der Waals surface area contributed by atoms with Crippen molar-refractivity contribution < 1.29 is 14.3 Å². The number of benzene rings is 2. The zero-order valence-corrected chi connectivity index (χ0v) is 12.8. The van der Waals surface area contributed by atoms with Crippen LogP contribution in [-0.4, -0.2) is 20.2 Å². The number of carbonyl (C=O) groups excluding carboxylic acids is 1. The van der Waals surface area contributed by atoms with Gasteiger partial charge < -0.3 is 9.47 Å². The molecule has 0 aliphatic rings. The molecule has 0 heterocycles. The summed E-state index contributed by atoms with van der Waals surface area (Å²) in [5, 5.41) is 0. The smallest absolute Gasteiger partial charge is 0.339 e. The first-order valence-electron chi connectivity index (χ1n) is 6.44. The highest BCUT2D eigenvalue weighted by Crippen LogP contribution is 2.21. The van der Waals surface area contributed by atoms with Gasteiger partial charge in [-0.3, -0.25) is 4.72 Å². The Morgan fingerprint density at radius 2 is 1.81 bits per heavy atom. The van der Waals surface area contributed by atoms with Gasteiger partial charge in [0.05, 0.1) is 19.8 Å². The summed E-state index contributed by atoms with van der Waals surface area (Å²) in [5.74, 6) is 0.506. The molecular formula is C16H17NO3S. The maximum Gasteiger partial charge on any atom is 0.339 e. The highest BCUT2D eigenvalue weighted by atomic mass is 32.2. The Kier molecular flexibility index (Phi) is 5.66. The fourth-order valence-electron chi connectivity index (χ4n) is 1.77. The van der Waals surface area contributed by atoms with Crippen molar-refractivity contribution in [3.63, 3.8) is 0 Å². The van der Waals surface area contributed by atoms with Crippen LogP contribution in [0.3, 0.4) is 0 Å². The zero-order valence-electron chi connectivity index (χ0n) is 12.0. The van der Waals surface area contributed by atoms with E-state index < -0.39 is 0 Å². The summed E-state index contributed by atoms with van der Waals surface area (Å²) in [6.45, 7) is 0.685. The van der Waals surface area contributed by atoms with Gasteiger partial charge in [-0.1, -0.05) is 24.3 Å². The fourth-order valence-corrected chi connectivity index (χ4v) is 2.58. The highest BCUT2D eigenvalue weighted by molar-refractivity contribution is 7.97. The molecule has 0 aliphatic carbocycles. The Morgan fingerprint density at radius 1 is 1.10 bits per heavy atom. The highest BCUT2D eigenvalue weighted by Gasteiger charge is 2.11. The molecule has 0 bridgehead atoms. The molecular weight excluding hydrogens is 286 g/mol. The standard InChI is InChI=1S/C16H17NO3S/c1-19-13-9-7-12(8-10-13)11-17-21-15-6-4-3-5-14(15)16(18)20-2/h3-10,17H,11H2,1-2H3. The van der Waals surface area contributed by atoms with Crippen molar-refractivity contribution in [1.29, 1.82) is 0 Å². The van der Waals surface area contributed by atoms with Gasteiger partial charge >= 0.3 is 5.97 Å². The predicted molar refractivity (Wildman–Crippen MR) is 83.5 cm³/mol. The average Bonchev–Trinajstić information content (AvgIpc) is 2.55. The van der Waals surface area contributed by atoms with Crippen LogP contribution >= 0.6 is 11.9 Å². The average molecular weight is 303 g/mol. The number of methoxy groups -OCH3 is 2. The van der Waals surface area contributed by atoms with E-state index in [1.54, 1.807) is 13.2 Å². The van der Waals surface area contributed by atoms with Crippen molar-refractivity contribution in [3.05, 3.63) is 59.7 Å². The third-order valence-electron chi connectivity index (χ3n) is 2.91. The number of rotatable bonds is 6. The normalized spacial score (nSPS) is 10.2. The molecule has 0 radical (unpaired) electrons. The second-order valence-electron chi connectivity index (χ2n) is 4.26. The lowest BCUT2D eigenvalue weighted by Crippen LogP contribution is -2.07. The molecule has 0 fully saturated rings. The van der Waals surface area contributed by atoms with Crippen molar-refractivity contribution >= 4 is 17.9 Å². The summed E-state index contributed by atoms with van der Waals surface area (Å²) >= 11 is 1.41. The van der Waals surface area contributed by atoms with Crippen molar-refractivity contribution in [2.75, 3.05) is 14.2 Å². The SMILES string of the molecule is COC(=O)c1ccccc1SNCc1ccc(OC)cc1. The van der Waals surface area contributed by atoms with Crippen molar-refractivity contribution in [3.8, 4) is 5.75 Å². The van der Waals surface area contributed by atoms with Gasteiger partial charge in [0.25, 0.3) is 0 Å². The van der Waals surface area contributed by atoms with E-state index in [0.717, 1.165) is 16.2 Å². The molecule has 2 aromatic carbocycles.